The number of carbonyl (C=O) groups is 3. The van der Waals surface area contributed by atoms with Crippen molar-refractivity contribution in [1.29, 1.82) is 0 Å². The van der Waals surface area contributed by atoms with Crippen LogP contribution in [0, 0.1) is 23.7 Å². The molecule has 1 aromatic heterocycles. The van der Waals surface area contributed by atoms with Crippen molar-refractivity contribution in [2.45, 2.75) is 30.5 Å². The average molecular weight is 442 g/mol. The first-order chi connectivity index (χ1) is 14.6. The molecular weight excluding hydrogens is 418 g/mol. The average Bonchev–Trinajstić information content (AvgIpc) is 3.49. The van der Waals surface area contributed by atoms with E-state index in [2.05, 4.69) is 29.4 Å². The lowest BCUT2D eigenvalue weighted by molar-refractivity contribution is -0.123. The van der Waals surface area contributed by atoms with Crippen LogP contribution in [0.15, 0.2) is 34.7 Å². The summed E-state index contributed by atoms with van der Waals surface area (Å²) in [6, 6.07) is 5.54. The molecule has 1 aliphatic heterocycles. The topological polar surface area (TPSA) is 79.4 Å². The minimum Gasteiger partial charge on any atom is -0.355 e. The van der Waals surface area contributed by atoms with Crippen molar-refractivity contribution in [2.24, 2.45) is 23.7 Å². The molecule has 3 aliphatic rings. The highest BCUT2D eigenvalue weighted by Crippen LogP contribution is 2.53. The van der Waals surface area contributed by atoms with E-state index in [1.165, 1.54) is 28.0 Å². The standard InChI is InChI=1S/C22H23N3O3S2/c1-2-3-8-23-17(26)11-29-22-24-15-7-6-14(10-16(15)30-22)25-20(27)18-12-4-5-13(9-12)19(18)21(25)28/h4-7,10,12-13,18-19H,2-3,8-9,11H2,1H3,(H,23,26)/t12-,13-,18+,19+/m0/s1. The Morgan fingerprint density at radius 3 is 2.67 bits per heavy atom. The number of rotatable bonds is 7. The van der Waals surface area contributed by atoms with Crippen LogP contribution >= 0.6 is 23.1 Å². The molecule has 0 unspecified atom stereocenters. The molecule has 2 fully saturated rings. The first-order valence-electron chi connectivity index (χ1n) is 10.4. The largest absolute Gasteiger partial charge is 0.355 e. The third kappa shape index (κ3) is 3.26. The van der Waals surface area contributed by atoms with Crippen LogP contribution in [0.1, 0.15) is 26.2 Å². The maximum Gasteiger partial charge on any atom is 0.238 e. The Hall–Kier alpha value is -2.19. The smallest absolute Gasteiger partial charge is 0.238 e. The minimum atomic E-state index is -0.193. The molecule has 0 radical (unpaired) electrons. The third-order valence-corrected chi connectivity index (χ3v) is 8.42. The third-order valence-electron chi connectivity index (χ3n) is 6.26. The Morgan fingerprint density at radius 2 is 1.97 bits per heavy atom. The molecular formula is C22H23N3O3S2. The van der Waals surface area contributed by atoms with Crippen LogP contribution in [-0.2, 0) is 14.4 Å². The molecule has 6 nitrogen and oxygen atoms in total. The van der Waals surface area contributed by atoms with Gasteiger partial charge in [0, 0.05) is 6.54 Å². The predicted molar refractivity (Wildman–Crippen MR) is 118 cm³/mol. The first-order valence-corrected chi connectivity index (χ1v) is 12.2. The van der Waals surface area contributed by atoms with Gasteiger partial charge >= 0.3 is 0 Å². The van der Waals surface area contributed by atoms with Gasteiger partial charge in [-0.15, -0.1) is 11.3 Å². The number of thioether (sulfide) groups is 1. The van der Waals surface area contributed by atoms with E-state index in [1.54, 1.807) is 6.07 Å². The Labute approximate surface area is 183 Å². The first kappa shape index (κ1) is 19.8. The lowest BCUT2D eigenvalue weighted by Crippen LogP contribution is -2.32. The lowest BCUT2D eigenvalue weighted by Gasteiger charge is -2.17. The maximum atomic E-state index is 13.0. The summed E-state index contributed by atoms with van der Waals surface area (Å²) in [5, 5.41) is 2.91. The fraction of sp³-hybridized carbons (Fsp3) is 0.455. The summed E-state index contributed by atoms with van der Waals surface area (Å²) in [4.78, 5) is 43.9. The normalized spacial score (nSPS) is 26.8. The van der Waals surface area contributed by atoms with E-state index in [1.807, 2.05) is 12.1 Å². The molecule has 156 valence electrons. The number of carbonyl (C=O) groups excluding carboxylic acids is 3. The lowest BCUT2D eigenvalue weighted by atomic mass is 9.85. The zero-order valence-electron chi connectivity index (χ0n) is 16.7. The second kappa shape index (κ2) is 7.81. The summed E-state index contributed by atoms with van der Waals surface area (Å²) < 4.78 is 1.73. The summed E-state index contributed by atoms with van der Waals surface area (Å²) >= 11 is 2.90. The van der Waals surface area contributed by atoms with Crippen molar-refractivity contribution in [3.63, 3.8) is 0 Å². The highest BCUT2D eigenvalue weighted by molar-refractivity contribution is 8.01. The summed E-state index contributed by atoms with van der Waals surface area (Å²) in [6.07, 6.45) is 7.17. The van der Waals surface area contributed by atoms with E-state index >= 15 is 0 Å². The fourth-order valence-corrected chi connectivity index (χ4v) is 6.76. The van der Waals surface area contributed by atoms with Gasteiger partial charge in [-0.3, -0.25) is 14.4 Å². The fourth-order valence-electron chi connectivity index (χ4n) is 4.83. The molecule has 8 heteroatoms. The Kier molecular flexibility index (Phi) is 5.14. The van der Waals surface area contributed by atoms with Crippen molar-refractivity contribution in [2.75, 3.05) is 17.2 Å². The number of hydrogen-bond donors (Lipinski definition) is 1. The Balaban J connectivity index is 1.31. The van der Waals surface area contributed by atoms with E-state index in [0.29, 0.717) is 18.0 Å². The zero-order valence-corrected chi connectivity index (χ0v) is 18.3. The summed E-state index contributed by atoms with van der Waals surface area (Å²) in [5.41, 5.74) is 1.45. The van der Waals surface area contributed by atoms with Crippen molar-refractivity contribution < 1.29 is 14.4 Å². The molecule has 3 amide bonds. The molecule has 1 saturated carbocycles. The van der Waals surface area contributed by atoms with Crippen molar-refractivity contribution in [3.8, 4) is 0 Å². The van der Waals surface area contributed by atoms with Crippen LogP contribution in [0.25, 0.3) is 10.2 Å². The molecule has 4 atom stereocenters. The second-order valence-electron chi connectivity index (χ2n) is 8.14. The summed E-state index contributed by atoms with van der Waals surface area (Å²) in [7, 11) is 0. The zero-order chi connectivity index (χ0) is 20.8. The predicted octanol–water partition coefficient (Wildman–Crippen LogP) is 3.62. The van der Waals surface area contributed by atoms with Crippen molar-refractivity contribution >= 4 is 56.7 Å². The summed E-state index contributed by atoms with van der Waals surface area (Å²) in [5.74, 6) is 0.243. The van der Waals surface area contributed by atoms with Crippen LogP contribution in [-0.4, -0.2) is 35.0 Å². The van der Waals surface area contributed by atoms with Gasteiger partial charge in [-0.05, 0) is 42.9 Å². The van der Waals surface area contributed by atoms with Gasteiger partial charge in [0.25, 0.3) is 0 Å². The number of anilines is 1. The van der Waals surface area contributed by atoms with E-state index in [9.17, 15) is 14.4 Å². The number of unbranched alkanes of at least 4 members (excludes halogenated alkanes) is 1. The molecule has 1 saturated heterocycles. The number of benzene rings is 1. The highest BCUT2D eigenvalue weighted by Gasteiger charge is 2.59. The number of nitrogens with one attached hydrogen (secondary N) is 1. The van der Waals surface area contributed by atoms with Crippen molar-refractivity contribution in [1.82, 2.24) is 10.3 Å². The monoisotopic (exact) mass is 441 g/mol. The molecule has 2 heterocycles. The van der Waals surface area contributed by atoms with Gasteiger partial charge in [0.05, 0.1) is 33.5 Å². The molecule has 0 spiro atoms. The number of fused-ring (bicyclic) bond motifs is 6. The Morgan fingerprint density at radius 1 is 1.23 bits per heavy atom. The van der Waals surface area contributed by atoms with Gasteiger partial charge < -0.3 is 5.32 Å². The van der Waals surface area contributed by atoms with E-state index in [4.69, 9.17) is 0 Å². The van der Waals surface area contributed by atoms with Crippen LogP contribution in [0.5, 0.6) is 0 Å². The number of hydrogen-bond acceptors (Lipinski definition) is 6. The highest BCUT2D eigenvalue weighted by atomic mass is 32.2. The van der Waals surface area contributed by atoms with Gasteiger partial charge in [-0.1, -0.05) is 37.3 Å². The molecule has 2 bridgehead atoms. The molecule has 2 aromatic rings. The van der Waals surface area contributed by atoms with Crippen LogP contribution in [0.3, 0.4) is 0 Å². The number of allylic oxidation sites excluding steroid dienone is 2. The summed E-state index contributed by atoms with van der Waals surface area (Å²) in [6.45, 7) is 2.79. The van der Waals surface area contributed by atoms with E-state index < -0.39 is 0 Å². The SMILES string of the molecule is CCCCNC(=O)CSc1nc2ccc(N3C(=O)[C@H]4[C@H](C3=O)[C@H]3C=C[C@H]4C3)cc2s1. The quantitative estimate of drug-likeness (QED) is 0.307. The minimum absolute atomic E-state index is 0.0106. The molecule has 1 N–H and O–H groups in total. The molecule has 5 rings (SSSR count). The number of thiazole rings is 1. The number of aromatic nitrogens is 1. The van der Waals surface area contributed by atoms with Crippen LogP contribution in [0.4, 0.5) is 5.69 Å². The van der Waals surface area contributed by atoms with Gasteiger partial charge in [0.1, 0.15) is 0 Å². The van der Waals surface area contributed by atoms with Gasteiger partial charge in [-0.2, -0.15) is 0 Å². The van der Waals surface area contributed by atoms with Crippen molar-refractivity contribution in [3.05, 3.63) is 30.4 Å². The second-order valence-corrected chi connectivity index (χ2v) is 10.4. The number of imide groups is 1. The molecule has 30 heavy (non-hydrogen) atoms. The van der Waals surface area contributed by atoms with Gasteiger partial charge in [-0.25, -0.2) is 9.88 Å². The van der Waals surface area contributed by atoms with Gasteiger partial charge in [0.2, 0.25) is 17.7 Å². The maximum absolute atomic E-state index is 13.0. The van der Waals surface area contributed by atoms with E-state index in [-0.39, 0.29) is 41.4 Å². The Bertz CT molecular complexity index is 1030. The number of nitrogens with zero attached hydrogens (tertiary/aromatic N) is 2. The van der Waals surface area contributed by atoms with Gasteiger partial charge in [0.15, 0.2) is 4.34 Å². The van der Waals surface area contributed by atoms with Crippen LogP contribution in [0.2, 0.25) is 0 Å². The molecule has 1 aromatic carbocycles. The number of amides is 3. The van der Waals surface area contributed by atoms with Crippen LogP contribution < -0.4 is 10.2 Å². The van der Waals surface area contributed by atoms with E-state index in [0.717, 1.165) is 33.8 Å². The molecule has 2 aliphatic carbocycles.